The highest BCUT2D eigenvalue weighted by molar-refractivity contribution is 5.82. The van der Waals surface area contributed by atoms with Gasteiger partial charge in [0, 0.05) is 26.2 Å². The number of amides is 1. The van der Waals surface area contributed by atoms with Crippen molar-refractivity contribution in [1.29, 1.82) is 0 Å². The first-order valence-electron chi connectivity index (χ1n) is 7.62. The van der Waals surface area contributed by atoms with Crippen molar-refractivity contribution in [2.75, 3.05) is 33.7 Å². The highest BCUT2D eigenvalue weighted by atomic mass is 16.2. The smallest absolute Gasteiger partial charge is 0.239 e. The highest BCUT2D eigenvalue weighted by Crippen LogP contribution is 2.20. The number of rotatable bonds is 6. The molecule has 1 aromatic heterocycles. The van der Waals surface area contributed by atoms with Crippen LogP contribution in [0, 0.1) is 0 Å². The van der Waals surface area contributed by atoms with Crippen molar-refractivity contribution < 1.29 is 4.79 Å². The van der Waals surface area contributed by atoms with Crippen LogP contribution in [0.3, 0.4) is 0 Å². The number of nitrogens with one attached hydrogen (secondary N) is 1. The molecule has 0 aliphatic carbocycles. The third-order valence-corrected chi connectivity index (χ3v) is 3.89. The van der Waals surface area contributed by atoms with Crippen LogP contribution in [0.1, 0.15) is 32.0 Å². The fourth-order valence-electron chi connectivity index (χ4n) is 2.75. The predicted octanol–water partition coefficient (Wildman–Crippen LogP) is 0.111. The monoisotopic (exact) mass is 294 g/mol. The number of carbonyl (C=O) groups excluding carboxylic acids is 1. The van der Waals surface area contributed by atoms with Gasteiger partial charge in [-0.15, -0.1) is 5.10 Å². The minimum Gasteiger partial charge on any atom is -0.342 e. The second kappa shape index (κ2) is 7.00. The Balaban J connectivity index is 1.95. The van der Waals surface area contributed by atoms with Crippen LogP contribution in [0.25, 0.3) is 0 Å². The second-order valence-corrected chi connectivity index (χ2v) is 5.79. The Morgan fingerprint density at radius 3 is 2.76 bits per heavy atom. The minimum absolute atomic E-state index is 0.101. The molecule has 0 aromatic carbocycles. The lowest BCUT2D eigenvalue weighted by atomic mass is 10.1. The third kappa shape index (κ3) is 3.79. The normalized spacial score (nSPS) is 22.0. The summed E-state index contributed by atoms with van der Waals surface area (Å²) < 4.78 is 1.89. The van der Waals surface area contributed by atoms with E-state index in [2.05, 4.69) is 20.5 Å². The van der Waals surface area contributed by atoms with Gasteiger partial charge in [-0.3, -0.25) is 4.79 Å². The third-order valence-electron chi connectivity index (χ3n) is 3.89. The summed E-state index contributed by atoms with van der Waals surface area (Å²) in [7, 11) is 4.02. The molecule has 0 bridgehead atoms. The first kappa shape index (κ1) is 15.9. The van der Waals surface area contributed by atoms with Gasteiger partial charge in [0.05, 0.1) is 24.0 Å². The Morgan fingerprint density at radius 2 is 2.14 bits per heavy atom. The van der Waals surface area contributed by atoms with E-state index in [9.17, 15) is 4.79 Å². The molecule has 1 amide bonds. The Bertz CT molecular complexity index is 468. The van der Waals surface area contributed by atoms with E-state index in [1.54, 1.807) is 0 Å². The number of hydrogen-bond acceptors (Lipinski definition) is 5. The first-order chi connectivity index (χ1) is 10.0. The summed E-state index contributed by atoms with van der Waals surface area (Å²) >= 11 is 0. The molecular formula is C14H26N6O. The van der Waals surface area contributed by atoms with E-state index in [4.69, 9.17) is 0 Å². The van der Waals surface area contributed by atoms with Crippen molar-refractivity contribution in [1.82, 2.24) is 30.1 Å². The van der Waals surface area contributed by atoms with Gasteiger partial charge in [-0.2, -0.15) is 0 Å². The van der Waals surface area contributed by atoms with E-state index in [0.29, 0.717) is 0 Å². The van der Waals surface area contributed by atoms with Crippen LogP contribution in [-0.4, -0.2) is 70.5 Å². The van der Waals surface area contributed by atoms with Crippen molar-refractivity contribution in [3.05, 3.63) is 11.9 Å². The number of aromatic nitrogens is 3. The van der Waals surface area contributed by atoms with Crippen LogP contribution in [0.15, 0.2) is 6.20 Å². The fraction of sp³-hybridized carbons (Fsp3) is 0.786. The highest BCUT2D eigenvalue weighted by Gasteiger charge is 2.32. The molecule has 7 nitrogen and oxygen atoms in total. The van der Waals surface area contributed by atoms with Gasteiger partial charge in [0.1, 0.15) is 0 Å². The SMILES string of the molecule is CCN(CC)C(=O)[C@@H]1C[C@@H](n2cc(CN(C)C)nn2)CN1. The number of likely N-dealkylation sites (N-methyl/N-ethyl adjacent to an activating group) is 1. The molecule has 1 aliphatic rings. The van der Waals surface area contributed by atoms with E-state index in [-0.39, 0.29) is 18.0 Å². The zero-order valence-electron chi connectivity index (χ0n) is 13.4. The van der Waals surface area contributed by atoms with Crippen LogP contribution in [0.2, 0.25) is 0 Å². The fourth-order valence-corrected chi connectivity index (χ4v) is 2.75. The van der Waals surface area contributed by atoms with Gasteiger partial charge in [-0.1, -0.05) is 5.21 Å². The Morgan fingerprint density at radius 1 is 1.43 bits per heavy atom. The topological polar surface area (TPSA) is 66.3 Å². The Kier molecular flexibility index (Phi) is 5.30. The van der Waals surface area contributed by atoms with E-state index in [1.165, 1.54) is 0 Å². The summed E-state index contributed by atoms with van der Waals surface area (Å²) in [6.07, 6.45) is 2.76. The molecular weight excluding hydrogens is 268 g/mol. The minimum atomic E-state index is -0.101. The van der Waals surface area contributed by atoms with E-state index in [0.717, 1.165) is 38.3 Å². The van der Waals surface area contributed by atoms with Crippen LogP contribution >= 0.6 is 0 Å². The molecule has 1 saturated heterocycles. The largest absolute Gasteiger partial charge is 0.342 e. The lowest BCUT2D eigenvalue weighted by Crippen LogP contribution is -2.43. The predicted molar refractivity (Wildman–Crippen MR) is 80.8 cm³/mol. The van der Waals surface area contributed by atoms with E-state index < -0.39 is 0 Å². The summed E-state index contributed by atoms with van der Waals surface area (Å²) in [6, 6.07) is 0.106. The second-order valence-electron chi connectivity index (χ2n) is 5.79. The summed E-state index contributed by atoms with van der Waals surface area (Å²) in [5, 5.41) is 11.7. The summed E-state index contributed by atoms with van der Waals surface area (Å²) in [5.41, 5.74) is 0.957. The van der Waals surface area contributed by atoms with Crippen molar-refractivity contribution in [3.8, 4) is 0 Å². The molecule has 0 saturated carbocycles. The zero-order valence-corrected chi connectivity index (χ0v) is 13.4. The lowest BCUT2D eigenvalue weighted by Gasteiger charge is -2.22. The molecule has 2 heterocycles. The molecule has 2 rings (SSSR count). The molecule has 118 valence electrons. The standard InChI is InChI=1S/C14H26N6O/c1-5-19(6-2)14(21)13-7-12(8-15-13)20-10-11(16-17-20)9-18(3)4/h10,12-13,15H,5-9H2,1-4H3/t12-,13+/m1/s1. The van der Waals surface area contributed by atoms with Gasteiger partial charge >= 0.3 is 0 Å². The van der Waals surface area contributed by atoms with Gasteiger partial charge in [-0.05, 0) is 34.4 Å². The van der Waals surface area contributed by atoms with Crippen LogP contribution in [0.4, 0.5) is 0 Å². The van der Waals surface area contributed by atoms with Gasteiger partial charge in [-0.25, -0.2) is 4.68 Å². The number of carbonyl (C=O) groups is 1. The molecule has 0 radical (unpaired) electrons. The average Bonchev–Trinajstić information content (AvgIpc) is 3.07. The molecule has 0 spiro atoms. The molecule has 1 aromatic rings. The van der Waals surface area contributed by atoms with Crippen molar-refractivity contribution in [3.63, 3.8) is 0 Å². The quantitative estimate of drug-likeness (QED) is 0.807. The lowest BCUT2D eigenvalue weighted by molar-refractivity contribution is -0.132. The average molecular weight is 294 g/mol. The molecule has 1 fully saturated rings. The Labute approximate surface area is 126 Å². The molecule has 7 heteroatoms. The van der Waals surface area contributed by atoms with E-state index in [1.807, 2.05) is 43.7 Å². The summed E-state index contributed by atoms with van der Waals surface area (Å²) in [5.74, 6) is 0.191. The molecule has 21 heavy (non-hydrogen) atoms. The van der Waals surface area contributed by atoms with Gasteiger partial charge in [0.2, 0.25) is 5.91 Å². The van der Waals surface area contributed by atoms with Crippen molar-refractivity contribution >= 4 is 5.91 Å². The van der Waals surface area contributed by atoms with E-state index >= 15 is 0 Å². The van der Waals surface area contributed by atoms with Gasteiger partial charge < -0.3 is 15.1 Å². The maximum absolute atomic E-state index is 12.3. The summed E-state index contributed by atoms with van der Waals surface area (Å²) in [4.78, 5) is 16.3. The number of nitrogens with zero attached hydrogens (tertiary/aromatic N) is 5. The van der Waals surface area contributed by atoms with Gasteiger partial charge in [0.15, 0.2) is 0 Å². The van der Waals surface area contributed by atoms with Crippen LogP contribution in [-0.2, 0) is 11.3 Å². The van der Waals surface area contributed by atoms with Crippen molar-refractivity contribution in [2.24, 2.45) is 0 Å². The van der Waals surface area contributed by atoms with Crippen molar-refractivity contribution in [2.45, 2.75) is 38.9 Å². The zero-order chi connectivity index (χ0) is 15.4. The molecule has 1 N–H and O–H groups in total. The Hall–Kier alpha value is -1.47. The van der Waals surface area contributed by atoms with Crippen LogP contribution in [0.5, 0.6) is 0 Å². The molecule has 2 atom stereocenters. The first-order valence-corrected chi connectivity index (χ1v) is 7.62. The maximum Gasteiger partial charge on any atom is 0.239 e. The van der Waals surface area contributed by atoms with Gasteiger partial charge in [0.25, 0.3) is 0 Å². The van der Waals surface area contributed by atoms with Crippen LogP contribution < -0.4 is 5.32 Å². The molecule has 0 unspecified atom stereocenters. The molecule has 1 aliphatic heterocycles. The maximum atomic E-state index is 12.3. The number of hydrogen-bond donors (Lipinski definition) is 1. The summed E-state index contributed by atoms with van der Waals surface area (Å²) in [6.45, 7) is 7.09.